The number of hydrogen-bond donors (Lipinski definition) is 3. The summed E-state index contributed by atoms with van der Waals surface area (Å²) >= 11 is 5.96. The van der Waals surface area contributed by atoms with Crippen LogP contribution < -0.4 is 11.1 Å². The lowest BCUT2D eigenvalue weighted by Crippen LogP contribution is -2.30. The first-order chi connectivity index (χ1) is 7.99. The quantitative estimate of drug-likeness (QED) is 0.571. The Labute approximate surface area is 106 Å². The highest BCUT2D eigenvalue weighted by Gasteiger charge is 2.15. The van der Waals surface area contributed by atoms with Crippen LogP contribution in [0.4, 0.5) is 11.4 Å². The minimum atomic E-state index is -0.242. The van der Waals surface area contributed by atoms with E-state index in [1.165, 1.54) is 0 Å². The highest BCUT2D eigenvalue weighted by Crippen LogP contribution is 2.33. The van der Waals surface area contributed by atoms with Crippen molar-refractivity contribution in [3.63, 3.8) is 0 Å². The molecule has 1 unspecified atom stereocenters. The summed E-state index contributed by atoms with van der Waals surface area (Å²) in [5, 5.41) is 12.9. The van der Waals surface area contributed by atoms with E-state index in [0.717, 1.165) is 5.56 Å². The fraction of sp³-hybridized carbons (Fsp3) is 0.417. The molecular formula is C12H16ClN3O. The zero-order valence-corrected chi connectivity index (χ0v) is 10.6. The Morgan fingerprint density at radius 2 is 2.18 bits per heavy atom. The van der Waals surface area contributed by atoms with Crippen LogP contribution >= 0.6 is 11.6 Å². The molecule has 4 nitrogen and oxygen atoms in total. The summed E-state index contributed by atoms with van der Waals surface area (Å²) in [5.41, 5.74) is 7.05. The van der Waals surface area contributed by atoms with Gasteiger partial charge in [-0.1, -0.05) is 25.4 Å². The summed E-state index contributed by atoms with van der Waals surface area (Å²) < 4.78 is 0. The summed E-state index contributed by atoms with van der Waals surface area (Å²) in [4.78, 5) is 3.32. The van der Waals surface area contributed by atoms with E-state index in [-0.39, 0.29) is 24.4 Å². The Morgan fingerprint density at radius 1 is 1.53 bits per heavy atom. The summed E-state index contributed by atoms with van der Waals surface area (Å²) in [6.45, 7) is 10.9. The van der Waals surface area contributed by atoms with Crippen LogP contribution in [0.15, 0.2) is 12.1 Å². The minimum absolute atomic E-state index is 0.0597. The number of hydrogen-bond acceptors (Lipinski definition) is 3. The van der Waals surface area contributed by atoms with Crippen LogP contribution in [0.2, 0.25) is 5.02 Å². The second-order valence-corrected chi connectivity index (χ2v) is 4.51. The van der Waals surface area contributed by atoms with Gasteiger partial charge in [-0.15, -0.1) is 0 Å². The molecule has 0 aromatic heterocycles. The van der Waals surface area contributed by atoms with E-state index in [9.17, 15) is 5.11 Å². The Balaban J connectivity index is 3.13. The third-order valence-corrected chi connectivity index (χ3v) is 2.68. The van der Waals surface area contributed by atoms with E-state index in [1.54, 1.807) is 12.1 Å². The number of nitrogens with zero attached hydrogens (tertiary/aromatic N) is 1. The highest BCUT2D eigenvalue weighted by atomic mass is 35.5. The smallest absolute Gasteiger partial charge is 0.211 e. The van der Waals surface area contributed by atoms with Crippen LogP contribution in [0.5, 0.6) is 0 Å². The van der Waals surface area contributed by atoms with Gasteiger partial charge in [-0.2, -0.15) is 0 Å². The molecule has 5 heteroatoms. The number of nitrogens with one attached hydrogen (secondary N) is 1. The summed E-state index contributed by atoms with van der Waals surface area (Å²) in [6, 6.07) is 3.32. The molecule has 1 atom stereocenters. The Bertz CT molecular complexity index is 440. The second kappa shape index (κ2) is 5.87. The van der Waals surface area contributed by atoms with Crippen LogP contribution in [0.1, 0.15) is 25.5 Å². The van der Waals surface area contributed by atoms with Gasteiger partial charge in [-0.05, 0) is 17.7 Å². The molecule has 1 aromatic rings. The van der Waals surface area contributed by atoms with Crippen molar-refractivity contribution in [1.82, 2.24) is 5.32 Å². The predicted octanol–water partition coefficient (Wildman–Crippen LogP) is 2.50. The molecule has 0 radical (unpaired) electrons. The minimum Gasteiger partial charge on any atom is -0.406 e. The van der Waals surface area contributed by atoms with E-state index in [0.29, 0.717) is 10.7 Å². The van der Waals surface area contributed by atoms with Crippen LogP contribution in [0, 0.1) is 6.57 Å². The largest absolute Gasteiger partial charge is 0.406 e. The van der Waals surface area contributed by atoms with Gasteiger partial charge in [0.25, 0.3) is 0 Å². The molecule has 0 aliphatic carbocycles. The molecule has 0 fully saturated rings. The molecule has 92 valence electrons. The van der Waals surface area contributed by atoms with E-state index in [1.807, 2.05) is 13.8 Å². The molecule has 0 spiro atoms. The monoisotopic (exact) mass is 253 g/mol. The van der Waals surface area contributed by atoms with E-state index in [2.05, 4.69) is 10.2 Å². The summed E-state index contributed by atoms with van der Waals surface area (Å²) in [5.74, 6) is 0. The van der Waals surface area contributed by atoms with E-state index >= 15 is 0 Å². The van der Waals surface area contributed by atoms with Crippen LogP contribution in [0.25, 0.3) is 4.85 Å². The zero-order chi connectivity index (χ0) is 13.0. The van der Waals surface area contributed by atoms with Gasteiger partial charge < -0.3 is 16.2 Å². The molecule has 1 rings (SSSR count). The topological polar surface area (TPSA) is 62.6 Å². The van der Waals surface area contributed by atoms with Gasteiger partial charge >= 0.3 is 0 Å². The van der Waals surface area contributed by atoms with Crippen molar-refractivity contribution in [2.75, 3.05) is 12.3 Å². The van der Waals surface area contributed by atoms with Gasteiger partial charge in [0.05, 0.1) is 29.9 Å². The Kier molecular flexibility index (Phi) is 4.76. The number of aliphatic hydroxyl groups excluding tert-OH is 1. The van der Waals surface area contributed by atoms with E-state index in [4.69, 9.17) is 23.9 Å². The molecule has 0 heterocycles. The van der Waals surface area contributed by atoms with Crippen molar-refractivity contribution in [2.24, 2.45) is 0 Å². The third kappa shape index (κ3) is 3.34. The van der Waals surface area contributed by atoms with Crippen LogP contribution in [0.3, 0.4) is 0 Å². The normalized spacial score (nSPS) is 12.5. The lowest BCUT2D eigenvalue weighted by Gasteiger charge is -2.20. The van der Waals surface area contributed by atoms with Gasteiger partial charge in [0.2, 0.25) is 5.69 Å². The highest BCUT2D eigenvalue weighted by molar-refractivity contribution is 6.33. The van der Waals surface area contributed by atoms with Crippen molar-refractivity contribution in [3.8, 4) is 0 Å². The lowest BCUT2D eigenvalue weighted by molar-refractivity contribution is 0.237. The van der Waals surface area contributed by atoms with Gasteiger partial charge in [-0.3, -0.25) is 0 Å². The molecule has 0 aliphatic heterocycles. The van der Waals surface area contributed by atoms with Crippen molar-refractivity contribution in [1.29, 1.82) is 0 Å². The van der Waals surface area contributed by atoms with Crippen LogP contribution in [-0.4, -0.2) is 17.8 Å². The van der Waals surface area contributed by atoms with Crippen molar-refractivity contribution in [2.45, 2.75) is 25.9 Å². The van der Waals surface area contributed by atoms with Gasteiger partial charge in [-0.25, -0.2) is 4.85 Å². The average Bonchev–Trinajstić information content (AvgIpc) is 2.29. The standard InChI is InChI=1S/C12H16ClN3O/c1-7(2)16-11(6-17)8-4-9(13)12(14)10(5-8)15-3/h4-5,7,11,16-17H,6,14H2,1-2H3. The third-order valence-electron chi connectivity index (χ3n) is 2.37. The zero-order valence-electron chi connectivity index (χ0n) is 9.87. The summed E-state index contributed by atoms with van der Waals surface area (Å²) in [7, 11) is 0. The molecule has 0 amide bonds. The Morgan fingerprint density at radius 3 is 2.65 bits per heavy atom. The van der Waals surface area contributed by atoms with Gasteiger partial charge in [0.1, 0.15) is 0 Å². The molecule has 0 saturated heterocycles. The molecular weight excluding hydrogens is 238 g/mol. The van der Waals surface area contributed by atoms with Gasteiger partial charge in [0, 0.05) is 6.04 Å². The fourth-order valence-corrected chi connectivity index (χ4v) is 1.80. The first kappa shape index (κ1) is 13.8. The maximum atomic E-state index is 9.34. The number of benzene rings is 1. The number of rotatable bonds is 4. The maximum absolute atomic E-state index is 9.34. The lowest BCUT2D eigenvalue weighted by atomic mass is 10.1. The first-order valence-corrected chi connectivity index (χ1v) is 5.70. The number of aliphatic hydroxyl groups is 1. The average molecular weight is 254 g/mol. The van der Waals surface area contributed by atoms with Gasteiger partial charge in [0.15, 0.2) is 0 Å². The molecule has 0 saturated carbocycles. The summed E-state index contributed by atoms with van der Waals surface area (Å²) in [6.07, 6.45) is 0. The van der Waals surface area contributed by atoms with Crippen LogP contribution in [-0.2, 0) is 0 Å². The number of nitrogens with two attached hydrogens (primary N) is 1. The predicted molar refractivity (Wildman–Crippen MR) is 70.2 cm³/mol. The first-order valence-electron chi connectivity index (χ1n) is 5.32. The second-order valence-electron chi connectivity index (χ2n) is 4.10. The number of anilines is 1. The Hall–Kier alpha value is -1.28. The maximum Gasteiger partial charge on any atom is 0.211 e. The van der Waals surface area contributed by atoms with Crippen molar-refractivity contribution >= 4 is 23.0 Å². The van der Waals surface area contributed by atoms with Crippen molar-refractivity contribution < 1.29 is 5.11 Å². The van der Waals surface area contributed by atoms with E-state index < -0.39 is 0 Å². The molecule has 4 N–H and O–H groups in total. The molecule has 0 aliphatic rings. The molecule has 0 bridgehead atoms. The molecule has 1 aromatic carbocycles. The number of nitrogen functional groups attached to an aromatic ring is 1. The van der Waals surface area contributed by atoms with Crippen molar-refractivity contribution in [3.05, 3.63) is 34.1 Å². The SMILES string of the molecule is [C-]#[N+]c1cc(C(CO)NC(C)C)cc(Cl)c1N. The number of halogens is 1. The fourth-order valence-electron chi connectivity index (χ4n) is 1.57. The molecule has 17 heavy (non-hydrogen) atoms.